The summed E-state index contributed by atoms with van der Waals surface area (Å²) < 4.78 is 0. The normalized spacial score (nSPS) is 3.00. The summed E-state index contributed by atoms with van der Waals surface area (Å²) >= 11 is 0. The van der Waals surface area contributed by atoms with Crippen LogP contribution in [-0.4, -0.2) is 11.6 Å². The van der Waals surface area contributed by atoms with Crippen LogP contribution in [-0.2, 0) is 27.2 Å². The molecular weight excluding hydrogens is 152 g/mol. The molecule has 0 atom stereocenters. The average molecular weight is 153 g/mol. The largest absolute Gasteiger partial charge is 1.00 e. The second-order valence-corrected chi connectivity index (χ2v) is 0.0913. The Balaban J connectivity index is 0. The van der Waals surface area contributed by atoms with Crippen molar-refractivity contribution in [1.82, 2.24) is 0 Å². The van der Waals surface area contributed by atoms with E-state index in [0.29, 0.717) is 6.47 Å². The van der Waals surface area contributed by atoms with Crippen LogP contribution in [0.4, 0.5) is 0 Å². The van der Waals surface area contributed by atoms with Gasteiger partial charge in [-0.1, -0.05) is 6.47 Å². The van der Waals surface area contributed by atoms with Gasteiger partial charge in [0.1, 0.15) is 0 Å². The van der Waals surface area contributed by atoms with Gasteiger partial charge in [-0.15, -0.1) is 0 Å². The van der Waals surface area contributed by atoms with E-state index in [1.807, 2.05) is 0 Å². The Labute approximate surface area is 39.3 Å². The van der Waals surface area contributed by atoms with Crippen molar-refractivity contribution in [3.63, 3.8) is 0 Å². The van der Waals surface area contributed by atoms with Gasteiger partial charge in [-0.25, -0.2) is 0 Å². The summed E-state index contributed by atoms with van der Waals surface area (Å²) in [5.74, 6) is 0. The zero-order valence-electron chi connectivity index (χ0n) is 1.66. The van der Waals surface area contributed by atoms with E-state index in [0.717, 1.165) is 0 Å². The third kappa shape index (κ3) is 73.2. The Kier molecular flexibility index (Phi) is 23.8. The Morgan fingerprint density at radius 3 is 1.75 bits per heavy atom. The standard InChI is InChI=1S/CHO2.Ag/c2-1-3;/h(H,2,3);/q-1;+1. The maximum Gasteiger partial charge on any atom is 1.00 e. The van der Waals surface area contributed by atoms with Crippen molar-refractivity contribution in [3.8, 4) is 0 Å². The predicted molar refractivity (Wildman–Crippen MR) is 8.32 cm³/mol. The Morgan fingerprint density at radius 2 is 1.75 bits per heavy atom. The van der Waals surface area contributed by atoms with E-state index >= 15 is 0 Å². The van der Waals surface area contributed by atoms with E-state index in [2.05, 4.69) is 0 Å². The molecule has 0 amide bonds. The fraction of sp³-hybridized carbons (Fsp3) is 0. The Morgan fingerprint density at radius 1 is 1.75 bits per heavy atom. The van der Waals surface area contributed by atoms with E-state index in [9.17, 15) is 0 Å². The van der Waals surface area contributed by atoms with Crippen molar-refractivity contribution in [3.05, 3.63) is 0 Å². The summed E-state index contributed by atoms with van der Waals surface area (Å²) in [7, 11) is 0. The molecule has 0 aliphatic heterocycles. The van der Waals surface area contributed by atoms with Gasteiger partial charge < -0.3 is 9.90 Å². The first-order valence-corrected chi connectivity index (χ1v) is 0.428. The monoisotopic (exact) mass is 152 g/mol. The van der Waals surface area contributed by atoms with Crippen LogP contribution in [0.5, 0.6) is 0 Å². The van der Waals surface area contributed by atoms with Crippen LogP contribution in [0.3, 0.4) is 0 Å². The van der Waals surface area contributed by atoms with Crippen LogP contribution >= 0.6 is 0 Å². The number of hydrogen-bond donors (Lipinski definition) is 1. The molecule has 3 heteroatoms. The minimum atomic E-state index is 0. The van der Waals surface area contributed by atoms with Gasteiger partial charge in [-0.3, -0.25) is 0 Å². The molecule has 0 aromatic rings. The van der Waals surface area contributed by atoms with Gasteiger partial charge in [0.15, 0.2) is 0 Å². The zero-order chi connectivity index (χ0) is 2.71. The Hall–Kier alpha value is 0.210. The minimum Gasteiger partial charge on any atom is -0.665 e. The van der Waals surface area contributed by atoms with Crippen LogP contribution in [0.1, 0.15) is 0 Å². The summed E-state index contributed by atoms with van der Waals surface area (Å²) in [6.07, 6.45) is 0. The molecule has 0 aromatic carbocycles. The van der Waals surface area contributed by atoms with E-state index in [1.165, 1.54) is 0 Å². The average Bonchev–Trinajstić information content (AvgIpc) is 0.918. The molecule has 0 spiro atoms. The SMILES string of the molecule is O=[C-]O.[Ag+]. The number of hydrogen-bond acceptors (Lipinski definition) is 1. The fourth-order valence-corrected chi connectivity index (χ4v) is 0. The van der Waals surface area contributed by atoms with Crippen molar-refractivity contribution < 1.29 is 32.3 Å². The van der Waals surface area contributed by atoms with E-state index in [1.54, 1.807) is 0 Å². The molecule has 1 N–H and O–H groups in total. The summed E-state index contributed by atoms with van der Waals surface area (Å²) in [5, 5.41) is 6.76. The molecule has 4 heavy (non-hydrogen) atoms. The molecule has 0 saturated heterocycles. The van der Waals surface area contributed by atoms with Gasteiger partial charge in [-0.05, 0) is 0 Å². The molecule has 0 aliphatic rings. The Bertz CT molecular complexity index is 13.5. The minimum absolute atomic E-state index is 0. The molecule has 0 bridgehead atoms. The van der Waals surface area contributed by atoms with Crippen LogP contribution in [0.15, 0.2) is 0 Å². The topological polar surface area (TPSA) is 37.3 Å². The third-order valence-corrected chi connectivity index (χ3v) is 0. The van der Waals surface area contributed by atoms with Crippen molar-refractivity contribution >= 4 is 6.47 Å². The summed E-state index contributed by atoms with van der Waals surface area (Å²) in [5.41, 5.74) is 0. The van der Waals surface area contributed by atoms with Crippen molar-refractivity contribution in [2.45, 2.75) is 0 Å². The maximum absolute atomic E-state index is 8.24. The summed E-state index contributed by atoms with van der Waals surface area (Å²) in [4.78, 5) is 8.24. The van der Waals surface area contributed by atoms with E-state index < -0.39 is 0 Å². The molecule has 28 valence electrons. The van der Waals surface area contributed by atoms with Crippen LogP contribution in [0.25, 0.3) is 0 Å². The van der Waals surface area contributed by atoms with Crippen molar-refractivity contribution in [2.75, 3.05) is 0 Å². The molecule has 0 aromatic heterocycles. The van der Waals surface area contributed by atoms with Gasteiger partial charge in [0.05, 0.1) is 0 Å². The molecule has 0 saturated carbocycles. The molecule has 0 aliphatic carbocycles. The van der Waals surface area contributed by atoms with Gasteiger partial charge in [-0.2, -0.15) is 0 Å². The number of aliphatic hydroxyl groups excluding tert-OH is 1. The van der Waals surface area contributed by atoms with Gasteiger partial charge in [0, 0.05) is 0 Å². The van der Waals surface area contributed by atoms with Gasteiger partial charge in [0.25, 0.3) is 0 Å². The first kappa shape index (κ1) is 8.88. The fourth-order valence-electron chi connectivity index (χ4n) is 0. The van der Waals surface area contributed by atoms with Crippen molar-refractivity contribution in [1.29, 1.82) is 0 Å². The molecule has 0 rings (SSSR count). The predicted octanol–water partition coefficient (Wildman–Crippen LogP) is -0.391. The maximum atomic E-state index is 8.24. The first-order valence-electron chi connectivity index (χ1n) is 0.428. The van der Waals surface area contributed by atoms with Gasteiger partial charge >= 0.3 is 22.4 Å². The van der Waals surface area contributed by atoms with E-state index in [4.69, 9.17) is 9.90 Å². The quantitative estimate of drug-likeness (QED) is 0.380. The molecule has 0 radical (unpaired) electrons. The van der Waals surface area contributed by atoms with Crippen LogP contribution in [0, 0.1) is 0 Å². The molecule has 0 unspecified atom stereocenters. The summed E-state index contributed by atoms with van der Waals surface area (Å²) in [6.45, 7) is 0.500. The first-order chi connectivity index (χ1) is 1.41. The second kappa shape index (κ2) is 10.7. The van der Waals surface area contributed by atoms with Crippen LogP contribution < -0.4 is 0 Å². The van der Waals surface area contributed by atoms with Crippen molar-refractivity contribution in [2.24, 2.45) is 0 Å². The van der Waals surface area contributed by atoms with Crippen LogP contribution in [0.2, 0.25) is 0 Å². The zero-order valence-corrected chi connectivity index (χ0v) is 3.14. The smallest absolute Gasteiger partial charge is 0.665 e. The molecule has 0 fully saturated rings. The van der Waals surface area contributed by atoms with Gasteiger partial charge in [0.2, 0.25) is 0 Å². The second-order valence-electron chi connectivity index (χ2n) is 0.0913. The molecular formula is CHAgO2. The number of rotatable bonds is 0. The molecule has 0 heterocycles. The summed E-state index contributed by atoms with van der Waals surface area (Å²) in [6, 6.07) is 0. The molecule has 2 nitrogen and oxygen atoms in total. The third-order valence-electron chi connectivity index (χ3n) is 0. The van der Waals surface area contributed by atoms with E-state index in [-0.39, 0.29) is 22.4 Å².